The van der Waals surface area contributed by atoms with Crippen molar-refractivity contribution in [3.63, 3.8) is 0 Å². The fraction of sp³-hybridized carbons (Fsp3) is 0.444. The number of aliphatic carboxylic acids is 1. The smallest absolute Gasteiger partial charge is 0.319 e. The number of hydrogen-bond acceptors (Lipinski definition) is 1. The summed E-state index contributed by atoms with van der Waals surface area (Å²) in [6, 6.07) is 0. The largest absolute Gasteiger partial charge is 0.480 e. The molecule has 16 heavy (non-hydrogen) atoms. The van der Waals surface area contributed by atoms with E-state index in [1.165, 1.54) is 0 Å². The van der Waals surface area contributed by atoms with Gasteiger partial charge in [0.15, 0.2) is 23.2 Å². The second-order valence-electron chi connectivity index (χ2n) is 3.46. The van der Waals surface area contributed by atoms with Crippen LogP contribution in [0.25, 0.3) is 0 Å². The lowest BCUT2D eigenvalue weighted by Crippen LogP contribution is -2.41. The molecule has 0 fully saturated rings. The summed E-state index contributed by atoms with van der Waals surface area (Å²) < 4.78 is 53.4. The van der Waals surface area contributed by atoms with E-state index in [-0.39, 0.29) is 0 Å². The molecule has 2 nitrogen and oxygen atoms in total. The van der Waals surface area contributed by atoms with Gasteiger partial charge in [0, 0.05) is 10.9 Å². The molecule has 0 saturated heterocycles. The highest BCUT2D eigenvalue weighted by atomic mass is 79.9. The molecule has 1 aliphatic rings. The van der Waals surface area contributed by atoms with Crippen molar-refractivity contribution in [3.05, 3.63) is 23.1 Å². The molecule has 0 saturated carbocycles. The van der Waals surface area contributed by atoms with Gasteiger partial charge in [0.1, 0.15) is 5.83 Å². The van der Waals surface area contributed by atoms with Crippen molar-refractivity contribution in [3.8, 4) is 0 Å². The molecule has 0 bridgehead atoms. The zero-order valence-electron chi connectivity index (χ0n) is 8.03. The maximum absolute atomic E-state index is 13.5. The standard InChI is InChI=1S/C9H7BrF4O2/c1-9(8(15)16)6(13)4(11)3(2-10)5(12)7(9)14/h6H,2H2,1H3,(H,15,16). The Balaban J connectivity index is 3.46. The van der Waals surface area contributed by atoms with Crippen LogP contribution in [0.2, 0.25) is 0 Å². The summed E-state index contributed by atoms with van der Waals surface area (Å²) in [5, 5.41) is 8.21. The van der Waals surface area contributed by atoms with E-state index in [9.17, 15) is 22.4 Å². The average Bonchev–Trinajstić information content (AvgIpc) is 2.24. The molecule has 0 radical (unpaired) electrons. The molecule has 0 aromatic rings. The highest BCUT2D eigenvalue weighted by Gasteiger charge is 2.54. The Hall–Kier alpha value is -0.850. The number of allylic oxidation sites excluding steroid dienone is 3. The molecule has 0 aromatic carbocycles. The number of hydrogen-bond donors (Lipinski definition) is 1. The Morgan fingerprint density at radius 3 is 2.38 bits per heavy atom. The lowest BCUT2D eigenvalue weighted by molar-refractivity contribution is -0.150. The van der Waals surface area contributed by atoms with Crippen LogP contribution in [0.4, 0.5) is 17.6 Å². The summed E-state index contributed by atoms with van der Waals surface area (Å²) >= 11 is 2.67. The normalized spacial score (nSPS) is 31.0. The molecule has 0 spiro atoms. The van der Waals surface area contributed by atoms with E-state index in [0.717, 1.165) is 0 Å². The van der Waals surface area contributed by atoms with Gasteiger partial charge in [0.25, 0.3) is 0 Å². The minimum atomic E-state index is -2.85. The van der Waals surface area contributed by atoms with Gasteiger partial charge in [-0.15, -0.1) is 0 Å². The third kappa shape index (κ3) is 1.57. The number of carbonyl (C=O) groups is 1. The molecule has 0 aliphatic heterocycles. The minimum Gasteiger partial charge on any atom is -0.480 e. The topological polar surface area (TPSA) is 37.3 Å². The van der Waals surface area contributed by atoms with Crippen molar-refractivity contribution in [1.29, 1.82) is 0 Å². The lowest BCUT2D eigenvalue weighted by Gasteiger charge is -2.30. The van der Waals surface area contributed by atoms with Crippen LogP contribution in [-0.2, 0) is 4.79 Å². The fourth-order valence-electron chi connectivity index (χ4n) is 1.31. The second-order valence-corrected chi connectivity index (χ2v) is 4.02. The predicted molar refractivity (Wildman–Crippen MR) is 51.8 cm³/mol. The molecule has 90 valence electrons. The van der Waals surface area contributed by atoms with Crippen molar-refractivity contribution in [2.24, 2.45) is 5.41 Å². The molecule has 0 heterocycles. The summed E-state index contributed by atoms with van der Waals surface area (Å²) in [7, 11) is 0. The lowest BCUT2D eigenvalue weighted by atomic mass is 9.78. The van der Waals surface area contributed by atoms with E-state index >= 15 is 0 Å². The summed E-state index contributed by atoms with van der Waals surface area (Å²) in [4.78, 5) is 10.7. The van der Waals surface area contributed by atoms with E-state index < -0.39 is 45.9 Å². The number of alkyl halides is 2. The summed E-state index contributed by atoms with van der Waals surface area (Å²) in [6.07, 6.45) is -2.74. The van der Waals surface area contributed by atoms with Gasteiger partial charge in [-0.1, -0.05) is 15.9 Å². The highest BCUT2D eigenvalue weighted by molar-refractivity contribution is 9.09. The van der Waals surface area contributed by atoms with Gasteiger partial charge in [0.05, 0.1) is 0 Å². The van der Waals surface area contributed by atoms with Crippen LogP contribution in [-0.4, -0.2) is 22.6 Å². The van der Waals surface area contributed by atoms with E-state index in [4.69, 9.17) is 5.11 Å². The van der Waals surface area contributed by atoms with E-state index in [0.29, 0.717) is 6.92 Å². The first-order chi connectivity index (χ1) is 7.28. The molecule has 1 rings (SSSR count). The van der Waals surface area contributed by atoms with Crippen LogP contribution >= 0.6 is 15.9 Å². The summed E-state index contributed by atoms with van der Waals surface area (Å²) in [6.45, 7) is 0.597. The van der Waals surface area contributed by atoms with Crippen molar-refractivity contribution in [2.45, 2.75) is 13.1 Å². The van der Waals surface area contributed by atoms with Gasteiger partial charge < -0.3 is 5.11 Å². The Bertz CT molecular complexity index is 404. The Morgan fingerprint density at radius 1 is 1.50 bits per heavy atom. The van der Waals surface area contributed by atoms with Gasteiger partial charge in [-0.05, 0) is 6.92 Å². The zero-order valence-corrected chi connectivity index (χ0v) is 9.62. The first kappa shape index (κ1) is 13.2. The summed E-state index contributed by atoms with van der Waals surface area (Å²) in [5.74, 6) is -7.02. The van der Waals surface area contributed by atoms with Crippen molar-refractivity contribution in [1.82, 2.24) is 0 Å². The first-order valence-corrected chi connectivity index (χ1v) is 5.28. The SMILES string of the molecule is CC1(C(=O)O)C(F)=C(F)C(CBr)=C(F)C1F. The fourth-order valence-corrected chi connectivity index (χ4v) is 1.82. The molecule has 1 N–H and O–H groups in total. The quantitative estimate of drug-likeness (QED) is 0.628. The Kier molecular flexibility index (Phi) is 3.47. The molecule has 7 heteroatoms. The second kappa shape index (κ2) is 4.20. The highest BCUT2D eigenvalue weighted by Crippen LogP contribution is 2.47. The Labute approximate surface area is 96.8 Å². The number of rotatable bonds is 2. The van der Waals surface area contributed by atoms with Crippen LogP contribution in [0.15, 0.2) is 23.1 Å². The number of carboxylic acids is 1. The van der Waals surface area contributed by atoms with E-state index in [2.05, 4.69) is 15.9 Å². The van der Waals surface area contributed by atoms with E-state index in [1.807, 2.05) is 0 Å². The molecule has 1 aliphatic carbocycles. The summed E-state index contributed by atoms with van der Waals surface area (Å²) in [5.41, 5.74) is -3.68. The zero-order chi connectivity index (χ0) is 12.7. The first-order valence-electron chi connectivity index (χ1n) is 4.16. The van der Waals surface area contributed by atoms with Crippen LogP contribution in [0, 0.1) is 5.41 Å². The third-order valence-corrected chi connectivity index (χ3v) is 3.07. The van der Waals surface area contributed by atoms with Crippen LogP contribution in [0.3, 0.4) is 0 Å². The number of carboxylic acid groups (broad SMARTS) is 1. The average molecular weight is 303 g/mol. The molecule has 0 amide bonds. The Morgan fingerprint density at radius 2 is 2.00 bits per heavy atom. The monoisotopic (exact) mass is 302 g/mol. The molecule has 0 aromatic heterocycles. The maximum Gasteiger partial charge on any atom is 0.319 e. The van der Waals surface area contributed by atoms with Crippen LogP contribution in [0.5, 0.6) is 0 Å². The van der Waals surface area contributed by atoms with Crippen molar-refractivity contribution in [2.75, 3.05) is 5.33 Å². The van der Waals surface area contributed by atoms with Gasteiger partial charge in [-0.2, -0.15) is 0 Å². The van der Waals surface area contributed by atoms with Gasteiger partial charge >= 0.3 is 5.97 Å². The molecule has 2 unspecified atom stereocenters. The van der Waals surface area contributed by atoms with Gasteiger partial charge in [0.2, 0.25) is 0 Å². The molecule has 2 atom stereocenters. The minimum absolute atomic E-state index is 0.436. The molecular weight excluding hydrogens is 296 g/mol. The number of halogens is 5. The van der Waals surface area contributed by atoms with Crippen molar-refractivity contribution < 1.29 is 27.5 Å². The van der Waals surface area contributed by atoms with Gasteiger partial charge in [-0.25, -0.2) is 17.6 Å². The van der Waals surface area contributed by atoms with Crippen LogP contribution in [0.1, 0.15) is 6.92 Å². The van der Waals surface area contributed by atoms with Crippen molar-refractivity contribution >= 4 is 21.9 Å². The van der Waals surface area contributed by atoms with Crippen LogP contribution < -0.4 is 0 Å². The molecular formula is C9H7BrF4O2. The van der Waals surface area contributed by atoms with Gasteiger partial charge in [-0.3, -0.25) is 4.79 Å². The van der Waals surface area contributed by atoms with E-state index in [1.54, 1.807) is 0 Å². The predicted octanol–water partition coefficient (Wildman–Crippen LogP) is 3.20. The third-order valence-electron chi connectivity index (χ3n) is 2.51. The maximum atomic E-state index is 13.5.